The summed E-state index contributed by atoms with van der Waals surface area (Å²) in [6.45, 7) is 2.35. The lowest BCUT2D eigenvalue weighted by Crippen LogP contribution is -2.33. The van der Waals surface area contributed by atoms with Crippen molar-refractivity contribution in [2.45, 2.75) is 19.3 Å². The van der Waals surface area contributed by atoms with E-state index < -0.39 is 0 Å². The maximum Gasteiger partial charge on any atom is 0.164 e. The summed E-state index contributed by atoms with van der Waals surface area (Å²) in [6, 6.07) is 8.01. The van der Waals surface area contributed by atoms with Gasteiger partial charge in [-0.15, -0.1) is 0 Å². The molecule has 1 atom stereocenters. The molecule has 0 radical (unpaired) electrons. The van der Waals surface area contributed by atoms with Gasteiger partial charge < -0.3 is 4.90 Å². The van der Waals surface area contributed by atoms with Crippen molar-refractivity contribution in [1.29, 1.82) is 0 Å². The summed E-state index contributed by atoms with van der Waals surface area (Å²) < 4.78 is 2.16. The van der Waals surface area contributed by atoms with E-state index in [9.17, 15) is 0 Å². The first-order valence-electron chi connectivity index (χ1n) is 8.22. The fraction of sp³-hybridized carbons (Fsp3) is 0.389. The van der Waals surface area contributed by atoms with E-state index in [0.717, 1.165) is 35.6 Å². The minimum Gasteiger partial charge on any atom is -0.306 e. The molecule has 3 aromatic rings. The molecule has 1 fully saturated rings. The molecular formula is C18H21N5. The van der Waals surface area contributed by atoms with Crippen LogP contribution < -0.4 is 0 Å². The van der Waals surface area contributed by atoms with Crippen molar-refractivity contribution in [3.8, 4) is 5.69 Å². The number of likely N-dealkylation sites (tertiary alicyclic amines) is 1. The summed E-state index contributed by atoms with van der Waals surface area (Å²) in [5.74, 6) is 1.74. The molecule has 1 unspecified atom stereocenters. The molecule has 0 bridgehead atoms. The van der Waals surface area contributed by atoms with Crippen LogP contribution in [0.2, 0.25) is 0 Å². The Bertz CT molecular complexity index is 796. The molecule has 0 aromatic carbocycles. The van der Waals surface area contributed by atoms with Crippen LogP contribution in [0.1, 0.15) is 18.7 Å². The third-order valence-electron chi connectivity index (χ3n) is 4.58. The van der Waals surface area contributed by atoms with E-state index in [4.69, 9.17) is 4.98 Å². The first kappa shape index (κ1) is 14.3. The van der Waals surface area contributed by atoms with E-state index >= 15 is 0 Å². The SMILES string of the molecule is CN1CCCC(Cc2nc3cccnc3n2-c2cccnc2)C1. The normalized spacial score (nSPS) is 19.3. The highest BCUT2D eigenvalue weighted by Crippen LogP contribution is 2.24. The average Bonchev–Trinajstić information content (AvgIpc) is 2.93. The Hall–Kier alpha value is -2.27. The molecule has 3 aromatic heterocycles. The highest BCUT2D eigenvalue weighted by atomic mass is 15.1. The molecule has 1 saturated heterocycles. The molecule has 0 aliphatic carbocycles. The van der Waals surface area contributed by atoms with E-state index in [1.807, 2.05) is 30.6 Å². The van der Waals surface area contributed by atoms with Gasteiger partial charge in [0.2, 0.25) is 0 Å². The molecule has 0 amide bonds. The number of imidazole rings is 1. The number of hydrogen-bond donors (Lipinski definition) is 0. The quantitative estimate of drug-likeness (QED) is 0.746. The van der Waals surface area contributed by atoms with Crippen LogP contribution in [0.15, 0.2) is 42.9 Å². The van der Waals surface area contributed by atoms with Gasteiger partial charge in [-0.3, -0.25) is 9.55 Å². The first-order chi connectivity index (χ1) is 11.3. The van der Waals surface area contributed by atoms with Gasteiger partial charge in [0.15, 0.2) is 5.65 Å². The Morgan fingerprint density at radius 3 is 2.96 bits per heavy atom. The molecule has 0 N–H and O–H groups in total. The average molecular weight is 307 g/mol. The number of aromatic nitrogens is 4. The van der Waals surface area contributed by atoms with E-state index in [0.29, 0.717) is 5.92 Å². The van der Waals surface area contributed by atoms with Crippen LogP contribution in [-0.4, -0.2) is 44.6 Å². The number of hydrogen-bond acceptors (Lipinski definition) is 4. The fourth-order valence-corrected chi connectivity index (χ4v) is 3.55. The second kappa shape index (κ2) is 6.08. The molecule has 4 heterocycles. The minimum atomic E-state index is 0.654. The zero-order valence-corrected chi connectivity index (χ0v) is 13.4. The largest absolute Gasteiger partial charge is 0.306 e. The van der Waals surface area contributed by atoms with Crippen LogP contribution in [0, 0.1) is 5.92 Å². The smallest absolute Gasteiger partial charge is 0.164 e. The summed E-state index contributed by atoms with van der Waals surface area (Å²) in [5, 5.41) is 0. The monoisotopic (exact) mass is 307 g/mol. The molecule has 1 aliphatic rings. The van der Waals surface area contributed by atoms with Gasteiger partial charge in [-0.1, -0.05) is 0 Å². The Balaban J connectivity index is 1.76. The van der Waals surface area contributed by atoms with Gasteiger partial charge in [0.05, 0.1) is 11.9 Å². The van der Waals surface area contributed by atoms with Crippen molar-refractivity contribution in [3.63, 3.8) is 0 Å². The number of nitrogens with zero attached hydrogens (tertiary/aromatic N) is 5. The van der Waals surface area contributed by atoms with Crippen molar-refractivity contribution >= 4 is 11.2 Å². The Kier molecular flexibility index (Phi) is 3.79. The molecule has 23 heavy (non-hydrogen) atoms. The van der Waals surface area contributed by atoms with E-state index in [1.54, 1.807) is 6.20 Å². The van der Waals surface area contributed by atoms with E-state index in [1.165, 1.54) is 19.4 Å². The van der Waals surface area contributed by atoms with Gasteiger partial charge in [0.1, 0.15) is 11.3 Å². The zero-order chi connectivity index (χ0) is 15.6. The number of fused-ring (bicyclic) bond motifs is 1. The maximum atomic E-state index is 4.86. The van der Waals surface area contributed by atoms with Crippen molar-refractivity contribution in [2.24, 2.45) is 5.92 Å². The highest BCUT2D eigenvalue weighted by Gasteiger charge is 2.21. The first-order valence-corrected chi connectivity index (χ1v) is 8.22. The lowest BCUT2D eigenvalue weighted by molar-refractivity contribution is 0.207. The number of rotatable bonds is 3. The van der Waals surface area contributed by atoms with E-state index in [2.05, 4.69) is 32.5 Å². The molecule has 5 heteroatoms. The second-order valence-electron chi connectivity index (χ2n) is 6.40. The lowest BCUT2D eigenvalue weighted by atomic mass is 9.95. The molecular weight excluding hydrogens is 286 g/mol. The van der Waals surface area contributed by atoms with Gasteiger partial charge in [-0.05, 0) is 56.6 Å². The van der Waals surface area contributed by atoms with Crippen molar-refractivity contribution < 1.29 is 0 Å². The fourth-order valence-electron chi connectivity index (χ4n) is 3.55. The summed E-state index contributed by atoms with van der Waals surface area (Å²) in [6.07, 6.45) is 9.03. The third kappa shape index (κ3) is 2.84. The van der Waals surface area contributed by atoms with Crippen LogP contribution >= 0.6 is 0 Å². The highest BCUT2D eigenvalue weighted by molar-refractivity contribution is 5.73. The van der Waals surface area contributed by atoms with Crippen LogP contribution in [-0.2, 0) is 6.42 Å². The molecule has 4 rings (SSSR count). The topological polar surface area (TPSA) is 46.8 Å². The molecule has 0 spiro atoms. The van der Waals surface area contributed by atoms with Crippen LogP contribution in [0.4, 0.5) is 0 Å². The lowest BCUT2D eigenvalue weighted by Gasteiger charge is -2.29. The Morgan fingerprint density at radius 2 is 2.13 bits per heavy atom. The molecule has 5 nitrogen and oxygen atoms in total. The van der Waals surface area contributed by atoms with Gasteiger partial charge >= 0.3 is 0 Å². The summed E-state index contributed by atoms with van der Waals surface area (Å²) in [4.78, 5) is 16.1. The Morgan fingerprint density at radius 1 is 1.22 bits per heavy atom. The van der Waals surface area contributed by atoms with Crippen molar-refractivity contribution in [1.82, 2.24) is 24.4 Å². The zero-order valence-electron chi connectivity index (χ0n) is 13.4. The molecule has 0 saturated carbocycles. The van der Waals surface area contributed by atoms with Gasteiger partial charge in [0.25, 0.3) is 0 Å². The summed E-state index contributed by atoms with van der Waals surface area (Å²) in [5.41, 5.74) is 2.91. The predicted molar refractivity (Wildman–Crippen MR) is 90.6 cm³/mol. The summed E-state index contributed by atoms with van der Waals surface area (Å²) >= 11 is 0. The second-order valence-corrected chi connectivity index (χ2v) is 6.40. The van der Waals surface area contributed by atoms with Gasteiger partial charge in [0, 0.05) is 25.4 Å². The molecule has 118 valence electrons. The predicted octanol–water partition coefficient (Wildman–Crippen LogP) is 2.70. The third-order valence-corrected chi connectivity index (χ3v) is 4.58. The minimum absolute atomic E-state index is 0.654. The van der Waals surface area contributed by atoms with Crippen molar-refractivity contribution in [2.75, 3.05) is 20.1 Å². The number of piperidine rings is 1. The van der Waals surface area contributed by atoms with Crippen LogP contribution in [0.3, 0.4) is 0 Å². The van der Waals surface area contributed by atoms with Gasteiger partial charge in [-0.25, -0.2) is 9.97 Å². The van der Waals surface area contributed by atoms with Crippen LogP contribution in [0.25, 0.3) is 16.9 Å². The molecule has 1 aliphatic heterocycles. The maximum absolute atomic E-state index is 4.86. The van der Waals surface area contributed by atoms with Crippen LogP contribution in [0.5, 0.6) is 0 Å². The van der Waals surface area contributed by atoms with Gasteiger partial charge in [-0.2, -0.15) is 0 Å². The standard InChI is InChI=1S/C18H21N5/c1-22-10-4-5-14(13-22)11-17-21-16-7-3-9-20-18(16)23(17)15-6-2-8-19-12-15/h2-3,6-9,12,14H,4-5,10-11,13H2,1H3. The van der Waals surface area contributed by atoms with E-state index in [-0.39, 0.29) is 0 Å². The Labute approximate surface area is 136 Å². The van der Waals surface area contributed by atoms with Crippen molar-refractivity contribution in [3.05, 3.63) is 48.7 Å². The number of pyridine rings is 2. The summed E-state index contributed by atoms with van der Waals surface area (Å²) in [7, 11) is 2.21.